The highest BCUT2D eigenvalue weighted by atomic mass is 32.1. The minimum absolute atomic E-state index is 0.270. The highest BCUT2D eigenvalue weighted by Crippen LogP contribution is 2.37. The number of nitrogens with one attached hydrogen (secondary N) is 1. The van der Waals surface area contributed by atoms with Gasteiger partial charge in [0.2, 0.25) is 0 Å². The minimum Gasteiger partial charge on any atom is -0.489 e. The van der Waals surface area contributed by atoms with Crippen LogP contribution < -0.4 is 10.1 Å². The molecule has 5 rings (SSSR count). The number of benzene rings is 3. The zero-order chi connectivity index (χ0) is 20.2. The summed E-state index contributed by atoms with van der Waals surface area (Å²) in [5.41, 5.74) is 3.92. The zero-order valence-corrected chi connectivity index (χ0v) is 17.8. The van der Waals surface area contributed by atoms with Crippen molar-refractivity contribution in [3.8, 4) is 5.75 Å². The quantitative estimate of drug-likeness (QED) is 0.452. The SMILES string of the molecule is c1ccc(COc2ccc(C(c3csc4ccccc34)N3CCNCC3)cc2)cc1. The molecule has 2 heterocycles. The first-order valence-electron chi connectivity index (χ1n) is 10.6. The number of rotatable bonds is 6. The Balaban J connectivity index is 1.42. The lowest BCUT2D eigenvalue weighted by molar-refractivity contribution is 0.199. The first kappa shape index (κ1) is 19.3. The molecule has 0 aliphatic carbocycles. The number of ether oxygens (including phenoxy) is 1. The topological polar surface area (TPSA) is 24.5 Å². The molecule has 1 aliphatic heterocycles. The van der Waals surface area contributed by atoms with Crippen molar-refractivity contribution in [2.45, 2.75) is 12.6 Å². The third kappa shape index (κ3) is 4.12. The van der Waals surface area contributed by atoms with E-state index in [0.29, 0.717) is 6.61 Å². The Morgan fingerprint density at radius 1 is 0.867 bits per heavy atom. The molecule has 30 heavy (non-hydrogen) atoms. The lowest BCUT2D eigenvalue weighted by atomic mass is 9.96. The van der Waals surface area contributed by atoms with E-state index in [9.17, 15) is 0 Å². The van der Waals surface area contributed by atoms with Gasteiger partial charge in [0, 0.05) is 30.9 Å². The Labute approximate surface area is 181 Å². The van der Waals surface area contributed by atoms with Gasteiger partial charge in [-0.1, -0.05) is 60.7 Å². The molecule has 1 N–H and O–H groups in total. The zero-order valence-electron chi connectivity index (χ0n) is 17.0. The second kappa shape index (κ2) is 9.00. The van der Waals surface area contributed by atoms with E-state index in [1.165, 1.54) is 26.8 Å². The average molecular weight is 415 g/mol. The van der Waals surface area contributed by atoms with Crippen molar-refractivity contribution in [2.75, 3.05) is 26.2 Å². The molecule has 152 valence electrons. The predicted octanol–water partition coefficient (Wildman–Crippen LogP) is 5.47. The van der Waals surface area contributed by atoms with Crippen LogP contribution >= 0.6 is 11.3 Å². The molecule has 1 unspecified atom stereocenters. The van der Waals surface area contributed by atoms with Crippen LogP contribution in [-0.4, -0.2) is 31.1 Å². The van der Waals surface area contributed by atoms with Crippen LogP contribution in [-0.2, 0) is 6.61 Å². The monoisotopic (exact) mass is 414 g/mol. The van der Waals surface area contributed by atoms with Crippen LogP contribution in [0.15, 0.2) is 84.2 Å². The van der Waals surface area contributed by atoms with Crippen molar-refractivity contribution in [1.29, 1.82) is 0 Å². The molecule has 1 atom stereocenters. The second-order valence-corrected chi connectivity index (χ2v) is 8.63. The van der Waals surface area contributed by atoms with Gasteiger partial charge in [-0.25, -0.2) is 0 Å². The van der Waals surface area contributed by atoms with Gasteiger partial charge in [-0.15, -0.1) is 11.3 Å². The smallest absolute Gasteiger partial charge is 0.119 e. The highest BCUT2D eigenvalue weighted by molar-refractivity contribution is 7.17. The maximum Gasteiger partial charge on any atom is 0.119 e. The Bertz CT molecular complexity index is 1080. The number of piperazine rings is 1. The number of hydrogen-bond acceptors (Lipinski definition) is 4. The second-order valence-electron chi connectivity index (χ2n) is 7.72. The van der Waals surface area contributed by atoms with Crippen LogP contribution in [0.2, 0.25) is 0 Å². The van der Waals surface area contributed by atoms with Crippen LogP contribution in [0.25, 0.3) is 10.1 Å². The van der Waals surface area contributed by atoms with Gasteiger partial charge in [0.25, 0.3) is 0 Å². The number of nitrogens with zero attached hydrogens (tertiary/aromatic N) is 1. The Hall–Kier alpha value is -2.66. The molecule has 0 amide bonds. The molecule has 1 aromatic heterocycles. The molecular formula is C26H26N2OS. The summed E-state index contributed by atoms with van der Waals surface area (Å²) in [4.78, 5) is 2.60. The Morgan fingerprint density at radius 3 is 2.40 bits per heavy atom. The first-order valence-corrected chi connectivity index (χ1v) is 11.4. The van der Waals surface area contributed by atoms with Gasteiger partial charge in [-0.2, -0.15) is 0 Å². The van der Waals surface area contributed by atoms with Gasteiger partial charge in [-0.05, 0) is 45.7 Å². The van der Waals surface area contributed by atoms with Gasteiger partial charge >= 0.3 is 0 Å². The average Bonchev–Trinajstić information content (AvgIpc) is 3.24. The highest BCUT2D eigenvalue weighted by Gasteiger charge is 2.26. The summed E-state index contributed by atoms with van der Waals surface area (Å²) in [6, 6.07) is 28.0. The van der Waals surface area contributed by atoms with E-state index in [4.69, 9.17) is 4.74 Å². The predicted molar refractivity (Wildman–Crippen MR) is 125 cm³/mol. The minimum atomic E-state index is 0.270. The summed E-state index contributed by atoms with van der Waals surface area (Å²) in [5, 5.41) is 7.20. The molecule has 3 aromatic carbocycles. The van der Waals surface area contributed by atoms with Gasteiger partial charge in [-0.3, -0.25) is 4.90 Å². The maximum absolute atomic E-state index is 6.01. The lowest BCUT2D eigenvalue weighted by Crippen LogP contribution is -2.45. The van der Waals surface area contributed by atoms with Crippen molar-refractivity contribution in [3.05, 3.63) is 101 Å². The molecule has 1 aliphatic rings. The molecule has 1 saturated heterocycles. The van der Waals surface area contributed by atoms with Crippen LogP contribution in [0.1, 0.15) is 22.7 Å². The van der Waals surface area contributed by atoms with Crippen LogP contribution in [0.4, 0.5) is 0 Å². The molecule has 1 fully saturated rings. The van der Waals surface area contributed by atoms with E-state index in [1.54, 1.807) is 0 Å². The Morgan fingerprint density at radius 2 is 1.60 bits per heavy atom. The van der Waals surface area contributed by atoms with Crippen LogP contribution in [0.3, 0.4) is 0 Å². The van der Waals surface area contributed by atoms with Crippen molar-refractivity contribution in [3.63, 3.8) is 0 Å². The van der Waals surface area contributed by atoms with E-state index in [-0.39, 0.29) is 6.04 Å². The molecule has 4 heteroatoms. The van der Waals surface area contributed by atoms with Crippen molar-refractivity contribution in [2.24, 2.45) is 0 Å². The van der Waals surface area contributed by atoms with E-state index < -0.39 is 0 Å². The van der Waals surface area contributed by atoms with Gasteiger partial charge in [0.05, 0.1) is 6.04 Å². The molecule has 0 saturated carbocycles. The summed E-state index contributed by atoms with van der Waals surface area (Å²) in [7, 11) is 0. The van der Waals surface area contributed by atoms with E-state index >= 15 is 0 Å². The van der Waals surface area contributed by atoms with Gasteiger partial charge in [0.1, 0.15) is 12.4 Å². The van der Waals surface area contributed by atoms with Crippen LogP contribution in [0, 0.1) is 0 Å². The number of thiophene rings is 1. The number of fused-ring (bicyclic) bond motifs is 1. The van der Waals surface area contributed by atoms with Crippen molar-refractivity contribution >= 4 is 21.4 Å². The molecule has 3 nitrogen and oxygen atoms in total. The normalized spacial score (nSPS) is 15.9. The van der Waals surface area contributed by atoms with Gasteiger partial charge < -0.3 is 10.1 Å². The van der Waals surface area contributed by atoms with E-state index in [0.717, 1.165) is 31.9 Å². The summed E-state index contributed by atoms with van der Waals surface area (Å²) < 4.78 is 7.37. The fourth-order valence-corrected chi connectivity index (χ4v) is 5.20. The third-order valence-corrected chi connectivity index (χ3v) is 6.75. The van der Waals surface area contributed by atoms with E-state index in [1.807, 2.05) is 29.5 Å². The summed E-state index contributed by atoms with van der Waals surface area (Å²) in [5.74, 6) is 0.914. The third-order valence-electron chi connectivity index (χ3n) is 5.77. The fraction of sp³-hybridized carbons (Fsp3) is 0.231. The molecule has 0 spiro atoms. The van der Waals surface area contributed by atoms with Crippen LogP contribution in [0.5, 0.6) is 5.75 Å². The summed E-state index contributed by atoms with van der Waals surface area (Å²) >= 11 is 1.84. The van der Waals surface area contributed by atoms with Crippen molar-refractivity contribution in [1.82, 2.24) is 10.2 Å². The largest absolute Gasteiger partial charge is 0.489 e. The molecule has 0 bridgehead atoms. The molecular weight excluding hydrogens is 388 g/mol. The van der Waals surface area contributed by atoms with Crippen molar-refractivity contribution < 1.29 is 4.74 Å². The van der Waals surface area contributed by atoms with Gasteiger partial charge in [0.15, 0.2) is 0 Å². The Kier molecular flexibility index (Phi) is 5.80. The fourth-order valence-electron chi connectivity index (χ4n) is 4.22. The van der Waals surface area contributed by atoms with E-state index in [2.05, 4.69) is 76.3 Å². The standard InChI is InChI=1S/C26H26N2OS/c1-2-6-20(7-3-1)18-29-22-12-10-21(11-13-22)26(28-16-14-27-15-17-28)24-19-30-25-9-5-4-8-23(24)25/h1-13,19,26-27H,14-18H2. The summed E-state index contributed by atoms with van der Waals surface area (Å²) in [6.07, 6.45) is 0. The first-order chi connectivity index (χ1) is 14.9. The molecule has 4 aromatic rings. The lowest BCUT2D eigenvalue weighted by Gasteiger charge is -2.35. The summed E-state index contributed by atoms with van der Waals surface area (Å²) in [6.45, 7) is 4.78. The maximum atomic E-state index is 6.01. The number of hydrogen-bond donors (Lipinski definition) is 1. The molecule has 0 radical (unpaired) electrons.